The molecule has 3 heterocycles. The van der Waals surface area contributed by atoms with Crippen LogP contribution in [-0.2, 0) is 26.3 Å². The fourth-order valence-electron chi connectivity index (χ4n) is 10.2. The third kappa shape index (κ3) is 7.54. The molecule has 2 aromatic rings. The number of allylic oxidation sites excluding steroid dienone is 1. The van der Waals surface area contributed by atoms with Crippen LogP contribution in [0.5, 0.6) is 5.75 Å². The second-order valence-corrected chi connectivity index (χ2v) is 20.1. The first kappa shape index (κ1) is 38.7. The van der Waals surface area contributed by atoms with E-state index >= 15 is 0 Å². The summed E-state index contributed by atoms with van der Waals surface area (Å²) in [6, 6.07) is 13.0. The molecule has 1 spiro atoms. The van der Waals surface area contributed by atoms with Gasteiger partial charge in [-0.2, -0.15) is 0 Å². The average Bonchev–Trinajstić information content (AvgIpc) is 3.25. The predicted octanol–water partition coefficient (Wildman–Crippen LogP) is 6.98. The summed E-state index contributed by atoms with van der Waals surface area (Å²) in [6.07, 6.45) is 10.6. The number of carbonyl (C=O) groups excluding carboxylic acids is 1. The SMILES string of the molecule is C=S1(=O)NC(=O)c2ccc3c(c2)N(C[C@@H]2CC[C@H]2[C@](CN2CCN(C(C)C)[C@@H](C)C2)(OC)/C=C/C[C@H](C)[C@H]1C)C[C@@]1(CCCc2cc(Cl)ccc21)CO3. The summed E-state index contributed by atoms with van der Waals surface area (Å²) < 4.78 is 30.5. The Morgan fingerprint density at radius 3 is 2.64 bits per heavy atom. The summed E-state index contributed by atoms with van der Waals surface area (Å²) in [7, 11) is -1.05. The largest absolute Gasteiger partial charge is 0.490 e. The number of hydrogen-bond donors (Lipinski definition) is 1. The molecular formula is C43H61ClN4O4S. The van der Waals surface area contributed by atoms with E-state index in [0.717, 1.165) is 94.3 Å². The molecule has 3 aliphatic heterocycles. The molecule has 1 N–H and O–H groups in total. The lowest BCUT2D eigenvalue weighted by molar-refractivity contribution is -0.0992. The number of amides is 1. The van der Waals surface area contributed by atoms with Crippen molar-refractivity contribution in [1.82, 2.24) is 14.5 Å². The molecule has 1 amide bonds. The highest BCUT2D eigenvalue weighted by atomic mass is 35.5. The van der Waals surface area contributed by atoms with Crippen LogP contribution in [0.25, 0.3) is 0 Å². The quantitative estimate of drug-likeness (QED) is 0.266. The monoisotopic (exact) mass is 764 g/mol. The molecule has 10 heteroatoms. The Balaban J connectivity index is 1.29. The number of anilines is 1. The van der Waals surface area contributed by atoms with Crippen LogP contribution in [0, 0.1) is 17.8 Å². The third-order valence-corrected chi connectivity index (χ3v) is 16.1. The van der Waals surface area contributed by atoms with E-state index in [4.69, 9.17) is 21.1 Å². The average molecular weight is 766 g/mol. The van der Waals surface area contributed by atoms with E-state index in [9.17, 15) is 9.00 Å². The molecule has 1 unspecified atom stereocenters. The first-order chi connectivity index (χ1) is 25.2. The minimum atomic E-state index is -2.95. The number of piperazine rings is 1. The van der Waals surface area contributed by atoms with Gasteiger partial charge in [-0.25, -0.2) is 4.21 Å². The Morgan fingerprint density at radius 1 is 1.11 bits per heavy atom. The van der Waals surface area contributed by atoms with Gasteiger partial charge in [0.1, 0.15) is 11.4 Å². The number of fused-ring (bicyclic) bond motifs is 4. The van der Waals surface area contributed by atoms with Crippen molar-refractivity contribution in [2.75, 3.05) is 57.9 Å². The van der Waals surface area contributed by atoms with Crippen molar-refractivity contribution in [3.63, 3.8) is 0 Å². The van der Waals surface area contributed by atoms with Gasteiger partial charge in [0.15, 0.2) is 0 Å². The lowest BCUT2D eigenvalue weighted by atomic mass is 9.63. The molecule has 0 aromatic heterocycles. The Morgan fingerprint density at radius 2 is 1.92 bits per heavy atom. The van der Waals surface area contributed by atoms with Crippen LogP contribution in [0.2, 0.25) is 5.02 Å². The van der Waals surface area contributed by atoms with Crippen LogP contribution < -0.4 is 14.4 Å². The normalized spacial score (nSPS) is 36.1. The van der Waals surface area contributed by atoms with Gasteiger partial charge in [-0.15, -0.1) is 0 Å². The van der Waals surface area contributed by atoms with Crippen LogP contribution in [0.4, 0.5) is 5.69 Å². The molecule has 2 aliphatic carbocycles. The maximum Gasteiger partial charge on any atom is 0.262 e. The van der Waals surface area contributed by atoms with Crippen molar-refractivity contribution in [2.45, 2.75) is 101 Å². The summed E-state index contributed by atoms with van der Waals surface area (Å²) in [5, 5.41) is 0.439. The number of ether oxygens (including phenoxy) is 2. The third-order valence-electron chi connectivity index (χ3n) is 13.7. The molecule has 53 heavy (non-hydrogen) atoms. The number of aryl methyl sites for hydroxylation is 1. The molecule has 1 saturated heterocycles. The van der Waals surface area contributed by atoms with E-state index < -0.39 is 15.3 Å². The van der Waals surface area contributed by atoms with Gasteiger partial charge in [0.2, 0.25) is 0 Å². The van der Waals surface area contributed by atoms with E-state index in [1.165, 1.54) is 11.1 Å². The predicted molar refractivity (Wildman–Crippen MR) is 219 cm³/mol. The van der Waals surface area contributed by atoms with Crippen molar-refractivity contribution in [2.24, 2.45) is 17.8 Å². The molecule has 1 saturated carbocycles. The van der Waals surface area contributed by atoms with E-state index in [2.05, 4.69) is 77.3 Å². The van der Waals surface area contributed by atoms with E-state index in [1.54, 1.807) is 6.07 Å². The fraction of sp³-hybridized carbons (Fsp3) is 0.628. The second kappa shape index (κ2) is 15.2. The number of nitrogens with one attached hydrogen (secondary N) is 1. The van der Waals surface area contributed by atoms with Crippen molar-refractivity contribution >= 4 is 38.8 Å². The smallest absolute Gasteiger partial charge is 0.262 e. The number of carbonyl (C=O) groups is 1. The number of benzene rings is 2. The Bertz CT molecular complexity index is 1820. The lowest BCUT2D eigenvalue weighted by Gasteiger charge is -2.53. The Labute approximate surface area is 323 Å². The molecule has 2 fully saturated rings. The van der Waals surface area contributed by atoms with Crippen LogP contribution in [0.1, 0.15) is 88.2 Å². The zero-order chi connectivity index (χ0) is 37.7. The molecule has 0 radical (unpaired) electrons. The molecular weight excluding hydrogens is 704 g/mol. The highest BCUT2D eigenvalue weighted by Gasteiger charge is 2.50. The van der Waals surface area contributed by atoms with Gasteiger partial charge in [0.25, 0.3) is 5.91 Å². The summed E-state index contributed by atoms with van der Waals surface area (Å²) in [5.41, 5.74) is 3.32. The van der Waals surface area contributed by atoms with Crippen molar-refractivity contribution in [3.8, 4) is 5.75 Å². The zero-order valence-electron chi connectivity index (χ0n) is 32.7. The second-order valence-electron chi connectivity index (χ2n) is 17.3. The van der Waals surface area contributed by atoms with Crippen LogP contribution in [-0.4, -0.2) is 102 Å². The number of halogens is 1. The fourth-order valence-corrected chi connectivity index (χ4v) is 11.9. The van der Waals surface area contributed by atoms with Crippen molar-refractivity contribution in [3.05, 3.63) is 70.3 Å². The molecule has 290 valence electrons. The van der Waals surface area contributed by atoms with Gasteiger partial charge in [-0.05, 0) is 131 Å². The summed E-state index contributed by atoms with van der Waals surface area (Å²) in [5.74, 6) is 5.23. The standard InChI is InChI=1S/C43H61ClN4O4S/c1-29(2)48-21-20-46(24-31(48)4)27-43(51-6)19-8-10-30(3)32(5)53(7,50)45-41(49)34-13-17-40-39(23-34)47(25-35-12-15-38(35)43)26-42(28-52-40)18-9-11-33-22-36(44)14-16-37(33)42/h8,13-14,16-17,19,22-23,29-32,35,38H,7,9-12,15,18,20-21,24-28H2,1-6H3,(H,45,49,50)/b19-8+/t30-,31-,32+,35-,38+,42-,43-,53?/m0/s1. The molecule has 8 atom stereocenters. The van der Waals surface area contributed by atoms with E-state index in [1.807, 2.05) is 32.2 Å². The van der Waals surface area contributed by atoms with Gasteiger partial charge in [-0.3, -0.25) is 19.3 Å². The Hall–Kier alpha value is -2.56. The van der Waals surface area contributed by atoms with Gasteiger partial charge < -0.3 is 14.4 Å². The van der Waals surface area contributed by atoms with Gasteiger partial charge in [0, 0.05) is 79.7 Å². The number of nitrogens with zero attached hydrogens (tertiary/aromatic N) is 3. The van der Waals surface area contributed by atoms with Crippen LogP contribution in [0.3, 0.4) is 0 Å². The molecule has 7 rings (SSSR count). The summed E-state index contributed by atoms with van der Waals surface area (Å²) in [4.78, 5) is 21.6. The zero-order valence-corrected chi connectivity index (χ0v) is 34.3. The van der Waals surface area contributed by atoms with Gasteiger partial charge in [-0.1, -0.05) is 36.7 Å². The van der Waals surface area contributed by atoms with Gasteiger partial charge >= 0.3 is 0 Å². The minimum absolute atomic E-state index is 0.0335. The first-order valence-corrected chi connectivity index (χ1v) is 22.1. The summed E-state index contributed by atoms with van der Waals surface area (Å²) in [6.45, 7) is 17.1. The highest BCUT2D eigenvalue weighted by molar-refractivity contribution is 7.99. The first-order valence-electron chi connectivity index (χ1n) is 19.9. The van der Waals surface area contributed by atoms with E-state index in [-0.39, 0.29) is 22.5 Å². The number of rotatable bonds is 4. The van der Waals surface area contributed by atoms with Crippen molar-refractivity contribution < 1.29 is 18.5 Å². The maximum atomic E-state index is 14.1. The van der Waals surface area contributed by atoms with E-state index in [0.29, 0.717) is 36.1 Å². The Kier molecular flexibility index (Phi) is 11.1. The van der Waals surface area contributed by atoms with Gasteiger partial charge in [0.05, 0.1) is 22.0 Å². The molecule has 2 bridgehead atoms. The lowest BCUT2D eigenvalue weighted by Crippen LogP contribution is -2.61. The number of methoxy groups -OCH3 is 1. The molecule has 2 aromatic carbocycles. The minimum Gasteiger partial charge on any atom is -0.490 e. The topological polar surface area (TPSA) is 74.4 Å². The maximum absolute atomic E-state index is 14.1. The summed E-state index contributed by atoms with van der Waals surface area (Å²) >= 11 is 6.53. The van der Waals surface area contributed by atoms with Crippen molar-refractivity contribution in [1.29, 1.82) is 0 Å². The number of hydrogen-bond acceptors (Lipinski definition) is 7. The highest BCUT2D eigenvalue weighted by Crippen LogP contribution is 2.49. The van der Waals surface area contributed by atoms with Crippen LogP contribution in [0.15, 0.2) is 48.6 Å². The molecule has 8 nitrogen and oxygen atoms in total. The van der Waals surface area contributed by atoms with Crippen LogP contribution >= 0.6 is 11.6 Å². The molecule has 5 aliphatic rings.